The molecule has 2 aromatic carbocycles. The van der Waals surface area contributed by atoms with Crippen molar-refractivity contribution < 1.29 is 22.7 Å². The predicted molar refractivity (Wildman–Crippen MR) is 111 cm³/mol. The third kappa shape index (κ3) is 6.71. The van der Waals surface area contributed by atoms with E-state index in [-0.39, 0.29) is 35.5 Å². The summed E-state index contributed by atoms with van der Waals surface area (Å²) >= 11 is 0. The van der Waals surface area contributed by atoms with Crippen molar-refractivity contribution in [2.45, 2.75) is 38.1 Å². The van der Waals surface area contributed by atoms with Gasteiger partial charge in [-0.3, -0.25) is 4.79 Å². The molecule has 0 aromatic heterocycles. The molecule has 0 aliphatic carbocycles. The highest BCUT2D eigenvalue weighted by atomic mass is 32.2. The van der Waals surface area contributed by atoms with E-state index in [1.807, 2.05) is 19.1 Å². The Bertz CT molecular complexity index is 921. The largest absolute Gasteiger partial charge is 0.464 e. The van der Waals surface area contributed by atoms with Crippen molar-refractivity contribution in [2.24, 2.45) is 5.92 Å². The fraction of sp³-hybridized carbons (Fsp3) is 0.364. The first-order valence-electron chi connectivity index (χ1n) is 9.52. The minimum absolute atomic E-state index is 0.0332. The molecule has 0 saturated heterocycles. The van der Waals surface area contributed by atoms with Gasteiger partial charge in [-0.25, -0.2) is 13.2 Å². The Hall–Kier alpha value is -2.67. The zero-order chi connectivity index (χ0) is 21.4. The standard InChI is InChI=1S/C22H27NO5S/c1-16(2)20(23-21(24)18-12-10-17(3)11-13-18)22(25)28-14-7-15-29(26,27)19-8-5-4-6-9-19/h4-6,8-13,16,20H,7,14-15H2,1-3H3,(H,23,24)/t20-/m0/s1. The van der Waals surface area contributed by atoms with Crippen LogP contribution in [-0.4, -0.2) is 38.7 Å². The van der Waals surface area contributed by atoms with E-state index in [1.165, 1.54) is 12.1 Å². The molecule has 156 valence electrons. The van der Waals surface area contributed by atoms with Crippen molar-refractivity contribution in [3.8, 4) is 0 Å². The number of hydrogen-bond acceptors (Lipinski definition) is 5. The van der Waals surface area contributed by atoms with Gasteiger partial charge >= 0.3 is 5.97 Å². The summed E-state index contributed by atoms with van der Waals surface area (Å²) in [6.45, 7) is 5.50. The molecule has 0 radical (unpaired) electrons. The summed E-state index contributed by atoms with van der Waals surface area (Å²) in [6.07, 6.45) is 0.180. The lowest BCUT2D eigenvalue weighted by Crippen LogP contribution is -2.45. The first kappa shape index (κ1) is 22.6. The van der Waals surface area contributed by atoms with Crippen LogP contribution in [0.5, 0.6) is 0 Å². The van der Waals surface area contributed by atoms with E-state index in [0.29, 0.717) is 5.56 Å². The molecule has 0 heterocycles. The van der Waals surface area contributed by atoms with E-state index in [0.717, 1.165) is 5.56 Å². The van der Waals surface area contributed by atoms with Crippen LogP contribution >= 0.6 is 0 Å². The first-order chi connectivity index (χ1) is 13.7. The lowest BCUT2D eigenvalue weighted by atomic mass is 10.0. The van der Waals surface area contributed by atoms with Crippen molar-refractivity contribution >= 4 is 21.7 Å². The van der Waals surface area contributed by atoms with Crippen molar-refractivity contribution in [2.75, 3.05) is 12.4 Å². The van der Waals surface area contributed by atoms with Crippen molar-refractivity contribution in [1.29, 1.82) is 0 Å². The van der Waals surface area contributed by atoms with E-state index in [1.54, 1.807) is 44.2 Å². The maximum atomic E-state index is 12.4. The summed E-state index contributed by atoms with van der Waals surface area (Å²) in [7, 11) is -3.41. The van der Waals surface area contributed by atoms with Gasteiger partial charge in [0.05, 0.1) is 17.3 Å². The molecule has 2 rings (SSSR count). The topological polar surface area (TPSA) is 89.5 Å². The lowest BCUT2D eigenvalue weighted by Gasteiger charge is -2.21. The van der Waals surface area contributed by atoms with Crippen LogP contribution in [0.15, 0.2) is 59.5 Å². The third-order valence-electron chi connectivity index (χ3n) is 4.42. The highest BCUT2D eigenvalue weighted by molar-refractivity contribution is 7.91. The zero-order valence-corrected chi connectivity index (χ0v) is 17.7. The quantitative estimate of drug-likeness (QED) is 0.500. The van der Waals surface area contributed by atoms with Gasteiger partial charge in [0.2, 0.25) is 0 Å². The highest BCUT2D eigenvalue weighted by Crippen LogP contribution is 2.12. The van der Waals surface area contributed by atoms with E-state index < -0.39 is 21.8 Å². The van der Waals surface area contributed by atoms with Crippen LogP contribution < -0.4 is 5.32 Å². The van der Waals surface area contributed by atoms with Crippen LogP contribution in [0.4, 0.5) is 0 Å². The second-order valence-electron chi connectivity index (χ2n) is 7.21. The Morgan fingerprint density at radius 2 is 1.62 bits per heavy atom. The molecule has 0 fully saturated rings. The monoisotopic (exact) mass is 417 g/mol. The number of rotatable bonds is 9. The number of ether oxygens (including phenoxy) is 1. The van der Waals surface area contributed by atoms with Gasteiger partial charge in [-0.15, -0.1) is 0 Å². The molecule has 1 atom stereocenters. The smallest absolute Gasteiger partial charge is 0.328 e. The van der Waals surface area contributed by atoms with Gasteiger partial charge in [0, 0.05) is 5.56 Å². The zero-order valence-electron chi connectivity index (χ0n) is 16.9. The number of esters is 1. The number of carbonyl (C=O) groups excluding carboxylic acids is 2. The van der Waals surface area contributed by atoms with Gasteiger partial charge in [-0.05, 0) is 43.5 Å². The summed E-state index contributed by atoms with van der Waals surface area (Å²) in [6, 6.07) is 14.4. The van der Waals surface area contributed by atoms with E-state index in [2.05, 4.69) is 5.32 Å². The number of hydrogen-bond donors (Lipinski definition) is 1. The summed E-state index contributed by atoms with van der Waals surface area (Å²) < 4.78 is 29.7. The molecule has 2 aromatic rings. The fourth-order valence-electron chi connectivity index (χ4n) is 2.68. The number of carbonyl (C=O) groups is 2. The molecule has 29 heavy (non-hydrogen) atoms. The fourth-order valence-corrected chi connectivity index (χ4v) is 3.99. The Morgan fingerprint density at radius 1 is 1.00 bits per heavy atom. The molecular formula is C22H27NO5S. The van der Waals surface area contributed by atoms with Crippen LogP contribution in [0.25, 0.3) is 0 Å². The maximum Gasteiger partial charge on any atom is 0.328 e. The Morgan fingerprint density at radius 3 is 2.21 bits per heavy atom. The van der Waals surface area contributed by atoms with Crippen molar-refractivity contribution in [3.05, 3.63) is 65.7 Å². The lowest BCUT2D eigenvalue weighted by molar-refractivity contribution is -0.147. The molecule has 1 amide bonds. The second kappa shape index (κ2) is 10.2. The summed E-state index contributed by atoms with van der Waals surface area (Å²) in [4.78, 5) is 25.1. The molecule has 1 N–H and O–H groups in total. The molecule has 0 bridgehead atoms. The average Bonchev–Trinajstić information content (AvgIpc) is 2.70. The van der Waals surface area contributed by atoms with Crippen LogP contribution in [-0.2, 0) is 19.4 Å². The van der Waals surface area contributed by atoms with Gasteiger partial charge in [0.25, 0.3) is 5.91 Å². The molecule has 0 aliphatic heterocycles. The predicted octanol–water partition coefficient (Wildman–Crippen LogP) is 3.16. The summed E-state index contributed by atoms with van der Waals surface area (Å²) in [5.41, 5.74) is 1.50. The second-order valence-corrected chi connectivity index (χ2v) is 9.32. The van der Waals surface area contributed by atoms with Gasteiger partial charge in [0.15, 0.2) is 9.84 Å². The van der Waals surface area contributed by atoms with Crippen LogP contribution in [0.2, 0.25) is 0 Å². The number of amides is 1. The van der Waals surface area contributed by atoms with E-state index in [9.17, 15) is 18.0 Å². The highest BCUT2D eigenvalue weighted by Gasteiger charge is 2.26. The Kier molecular flexibility index (Phi) is 7.96. The molecular weight excluding hydrogens is 390 g/mol. The average molecular weight is 418 g/mol. The summed E-state index contributed by atoms with van der Waals surface area (Å²) in [5.74, 6) is -1.22. The maximum absolute atomic E-state index is 12.4. The number of aryl methyl sites for hydroxylation is 1. The number of benzene rings is 2. The van der Waals surface area contributed by atoms with E-state index in [4.69, 9.17) is 4.74 Å². The number of nitrogens with one attached hydrogen (secondary N) is 1. The van der Waals surface area contributed by atoms with E-state index >= 15 is 0 Å². The molecule has 0 saturated carbocycles. The van der Waals surface area contributed by atoms with Crippen LogP contribution in [0.1, 0.15) is 36.2 Å². The molecule has 0 spiro atoms. The molecule has 0 aliphatic rings. The SMILES string of the molecule is Cc1ccc(C(=O)N[C@H](C(=O)OCCCS(=O)(=O)c2ccccc2)C(C)C)cc1. The molecule has 7 heteroatoms. The summed E-state index contributed by atoms with van der Waals surface area (Å²) in [5, 5.41) is 2.70. The van der Waals surface area contributed by atoms with Crippen molar-refractivity contribution in [3.63, 3.8) is 0 Å². The molecule has 6 nitrogen and oxygen atoms in total. The minimum Gasteiger partial charge on any atom is -0.464 e. The van der Waals surface area contributed by atoms with Gasteiger partial charge in [-0.1, -0.05) is 49.7 Å². The van der Waals surface area contributed by atoms with Gasteiger partial charge < -0.3 is 10.1 Å². The molecule has 0 unspecified atom stereocenters. The Labute approximate surface area is 172 Å². The third-order valence-corrected chi connectivity index (χ3v) is 6.24. The number of sulfone groups is 1. The Balaban J connectivity index is 1.88. The minimum atomic E-state index is -3.41. The first-order valence-corrected chi connectivity index (χ1v) is 11.2. The van der Waals surface area contributed by atoms with Crippen LogP contribution in [0, 0.1) is 12.8 Å². The van der Waals surface area contributed by atoms with Crippen LogP contribution in [0.3, 0.4) is 0 Å². The normalized spacial score (nSPS) is 12.4. The van der Waals surface area contributed by atoms with Crippen molar-refractivity contribution in [1.82, 2.24) is 5.32 Å². The van der Waals surface area contributed by atoms with Gasteiger partial charge in [-0.2, -0.15) is 0 Å². The van der Waals surface area contributed by atoms with Gasteiger partial charge in [0.1, 0.15) is 6.04 Å².